The lowest BCUT2D eigenvalue weighted by Crippen LogP contribution is -2.51. The molecule has 1 amide bonds. The highest BCUT2D eigenvalue weighted by molar-refractivity contribution is 5.98. The predicted molar refractivity (Wildman–Crippen MR) is 74.8 cm³/mol. The number of aromatic nitrogens is 1. The molecule has 0 spiro atoms. The summed E-state index contributed by atoms with van der Waals surface area (Å²) in [7, 11) is 1.55. The van der Waals surface area contributed by atoms with Crippen molar-refractivity contribution in [3.05, 3.63) is 36.0 Å². The Morgan fingerprint density at radius 2 is 2.20 bits per heavy atom. The van der Waals surface area contributed by atoms with Gasteiger partial charge in [-0.05, 0) is 17.5 Å². The minimum atomic E-state index is -0.112. The van der Waals surface area contributed by atoms with Gasteiger partial charge >= 0.3 is 0 Å². The highest BCUT2D eigenvalue weighted by atomic mass is 16.5. The van der Waals surface area contributed by atoms with Crippen LogP contribution in [0.25, 0.3) is 10.8 Å². The molecule has 5 heteroatoms. The van der Waals surface area contributed by atoms with E-state index in [9.17, 15) is 4.79 Å². The number of carbonyl (C=O) groups excluding carboxylic acids is 1. The third-order valence-electron chi connectivity index (χ3n) is 3.62. The van der Waals surface area contributed by atoms with Gasteiger partial charge in [-0.3, -0.25) is 4.79 Å². The summed E-state index contributed by atoms with van der Waals surface area (Å²) in [5, 5.41) is 10.8. The van der Waals surface area contributed by atoms with Crippen molar-refractivity contribution in [3.63, 3.8) is 0 Å². The van der Waals surface area contributed by atoms with E-state index >= 15 is 0 Å². The summed E-state index contributed by atoms with van der Waals surface area (Å²) in [6.45, 7) is 1.30. The van der Waals surface area contributed by atoms with Crippen molar-refractivity contribution in [2.45, 2.75) is 0 Å². The van der Waals surface area contributed by atoms with E-state index in [1.54, 1.807) is 18.1 Å². The molecule has 2 heterocycles. The first-order valence-electron chi connectivity index (χ1n) is 6.57. The number of fused-ring (bicyclic) bond motifs is 1. The summed E-state index contributed by atoms with van der Waals surface area (Å²) >= 11 is 0. The third-order valence-corrected chi connectivity index (χ3v) is 3.62. The fourth-order valence-electron chi connectivity index (χ4n) is 2.45. The second-order valence-electron chi connectivity index (χ2n) is 5.00. The Labute approximate surface area is 116 Å². The molecule has 1 N–H and O–H groups in total. The van der Waals surface area contributed by atoms with E-state index < -0.39 is 0 Å². The van der Waals surface area contributed by atoms with Crippen LogP contribution in [0, 0.1) is 5.92 Å². The van der Waals surface area contributed by atoms with Crippen molar-refractivity contribution < 1.29 is 14.6 Å². The second kappa shape index (κ2) is 5.09. The number of aliphatic hydroxyl groups excluding tert-OH is 1. The van der Waals surface area contributed by atoms with Crippen molar-refractivity contribution in [1.82, 2.24) is 9.88 Å². The van der Waals surface area contributed by atoms with E-state index in [0.717, 1.165) is 10.8 Å². The topological polar surface area (TPSA) is 62.7 Å². The van der Waals surface area contributed by atoms with Crippen molar-refractivity contribution >= 4 is 16.7 Å². The molecular formula is C15H16N2O3. The van der Waals surface area contributed by atoms with Gasteiger partial charge in [0.15, 0.2) is 0 Å². The van der Waals surface area contributed by atoms with Crippen LogP contribution in [0.2, 0.25) is 0 Å². The van der Waals surface area contributed by atoms with Gasteiger partial charge in [-0.1, -0.05) is 18.2 Å². The Kier molecular flexibility index (Phi) is 3.28. The molecule has 0 aliphatic carbocycles. The van der Waals surface area contributed by atoms with Crippen LogP contribution in [0.4, 0.5) is 0 Å². The molecule has 1 aromatic heterocycles. The van der Waals surface area contributed by atoms with E-state index in [4.69, 9.17) is 9.84 Å². The fraction of sp³-hybridized carbons (Fsp3) is 0.333. The largest absolute Gasteiger partial charge is 0.481 e. The number of amides is 1. The molecule has 2 aromatic rings. The number of hydrogen-bond acceptors (Lipinski definition) is 4. The molecule has 5 nitrogen and oxygen atoms in total. The van der Waals surface area contributed by atoms with Gasteiger partial charge < -0.3 is 14.7 Å². The van der Waals surface area contributed by atoms with Crippen LogP contribution in [0.5, 0.6) is 5.88 Å². The van der Waals surface area contributed by atoms with E-state index in [1.165, 1.54) is 0 Å². The normalized spacial score (nSPS) is 15.2. The molecule has 1 aliphatic heterocycles. The number of carbonyl (C=O) groups is 1. The molecule has 1 aliphatic rings. The van der Waals surface area contributed by atoms with Gasteiger partial charge in [0.05, 0.1) is 7.11 Å². The molecule has 0 bridgehead atoms. The smallest absolute Gasteiger partial charge is 0.272 e. The average molecular weight is 272 g/mol. The van der Waals surface area contributed by atoms with Gasteiger partial charge in [0.25, 0.3) is 5.91 Å². The number of aliphatic hydroxyl groups is 1. The zero-order chi connectivity index (χ0) is 14.1. The maximum atomic E-state index is 12.3. The van der Waals surface area contributed by atoms with Gasteiger partial charge in [0.1, 0.15) is 5.69 Å². The summed E-state index contributed by atoms with van der Waals surface area (Å²) in [4.78, 5) is 18.3. The molecule has 1 aromatic carbocycles. The number of likely N-dealkylation sites (tertiary alicyclic amines) is 1. The quantitative estimate of drug-likeness (QED) is 0.915. The molecule has 1 fully saturated rings. The van der Waals surface area contributed by atoms with Crippen LogP contribution in [-0.2, 0) is 0 Å². The Balaban J connectivity index is 1.94. The first kappa shape index (κ1) is 12.9. The van der Waals surface area contributed by atoms with E-state index in [-0.39, 0.29) is 18.4 Å². The van der Waals surface area contributed by atoms with Crippen LogP contribution in [0.3, 0.4) is 0 Å². The molecular weight excluding hydrogens is 256 g/mol. The molecule has 104 valence electrons. The Morgan fingerprint density at radius 1 is 1.45 bits per heavy atom. The highest BCUT2D eigenvalue weighted by Gasteiger charge is 2.31. The third kappa shape index (κ3) is 2.10. The average Bonchev–Trinajstić information content (AvgIpc) is 2.44. The van der Waals surface area contributed by atoms with Crippen LogP contribution in [-0.4, -0.2) is 47.7 Å². The number of hydrogen-bond donors (Lipinski definition) is 1. The first-order valence-corrected chi connectivity index (χ1v) is 6.57. The van der Waals surface area contributed by atoms with Gasteiger partial charge in [-0.15, -0.1) is 0 Å². The summed E-state index contributed by atoms with van der Waals surface area (Å²) in [5.41, 5.74) is 0.386. The lowest BCUT2D eigenvalue weighted by atomic mass is 10.0. The second-order valence-corrected chi connectivity index (χ2v) is 5.00. The number of pyridine rings is 1. The highest BCUT2D eigenvalue weighted by Crippen LogP contribution is 2.26. The summed E-state index contributed by atoms with van der Waals surface area (Å²) in [6.07, 6.45) is 0. The Bertz CT molecular complexity index is 651. The van der Waals surface area contributed by atoms with Gasteiger partial charge in [-0.2, -0.15) is 0 Å². The van der Waals surface area contributed by atoms with Gasteiger partial charge in [0, 0.05) is 31.0 Å². The summed E-state index contributed by atoms with van der Waals surface area (Å²) in [6, 6.07) is 9.47. The number of methoxy groups -OCH3 is 1. The molecule has 20 heavy (non-hydrogen) atoms. The molecule has 3 rings (SSSR count). The molecule has 0 atom stereocenters. The van der Waals surface area contributed by atoms with Crippen LogP contribution in [0.15, 0.2) is 30.3 Å². The van der Waals surface area contributed by atoms with Gasteiger partial charge in [0.2, 0.25) is 5.88 Å². The maximum absolute atomic E-state index is 12.3. The maximum Gasteiger partial charge on any atom is 0.272 e. The number of nitrogens with zero attached hydrogens (tertiary/aromatic N) is 2. The first-order chi connectivity index (χ1) is 9.72. The lowest BCUT2D eigenvalue weighted by molar-refractivity contribution is 0.0356. The zero-order valence-electron chi connectivity index (χ0n) is 11.2. The number of ether oxygens (including phenoxy) is 1. The van der Waals surface area contributed by atoms with Crippen LogP contribution in [0.1, 0.15) is 10.5 Å². The van der Waals surface area contributed by atoms with Crippen molar-refractivity contribution in [2.75, 3.05) is 26.8 Å². The van der Waals surface area contributed by atoms with E-state index in [2.05, 4.69) is 4.98 Å². The van der Waals surface area contributed by atoms with Gasteiger partial charge in [-0.25, -0.2) is 4.98 Å². The van der Waals surface area contributed by atoms with E-state index in [1.807, 2.05) is 24.3 Å². The number of benzene rings is 1. The van der Waals surface area contributed by atoms with Crippen molar-refractivity contribution in [2.24, 2.45) is 5.92 Å². The molecule has 0 saturated carbocycles. The lowest BCUT2D eigenvalue weighted by Gasteiger charge is -2.38. The van der Waals surface area contributed by atoms with Crippen LogP contribution < -0.4 is 4.74 Å². The fourth-order valence-corrected chi connectivity index (χ4v) is 2.45. The van der Waals surface area contributed by atoms with Crippen molar-refractivity contribution in [3.8, 4) is 5.88 Å². The van der Waals surface area contributed by atoms with E-state index in [0.29, 0.717) is 24.7 Å². The zero-order valence-corrected chi connectivity index (χ0v) is 11.2. The Morgan fingerprint density at radius 3 is 2.90 bits per heavy atom. The number of rotatable bonds is 3. The van der Waals surface area contributed by atoms with Crippen molar-refractivity contribution in [1.29, 1.82) is 0 Å². The summed E-state index contributed by atoms with van der Waals surface area (Å²) in [5.74, 6) is 0.547. The molecule has 1 saturated heterocycles. The molecule has 0 unspecified atom stereocenters. The minimum Gasteiger partial charge on any atom is -0.481 e. The predicted octanol–water partition coefficient (Wildman–Crippen LogP) is 1.31. The minimum absolute atomic E-state index is 0.112. The molecule has 0 radical (unpaired) electrons. The SMILES string of the molecule is COc1nc(C(=O)N2CC(CO)C2)cc2ccccc12. The monoisotopic (exact) mass is 272 g/mol. The standard InChI is InChI=1S/C15H16N2O3/c1-20-14-12-5-3-2-4-11(12)6-13(16-14)15(19)17-7-10(8-17)9-18/h2-6,10,18H,7-9H2,1H3. The van der Waals surface area contributed by atoms with Crippen LogP contribution >= 0.6 is 0 Å². The Hall–Kier alpha value is -2.14. The summed E-state index contributed by atoms with van der Waals surface area (Å²) < 4.78 is 5.27.